The van der Waals surface area contributed by atoms with E-state index in [-0.39, 0.29) is 18.4 Å². The van der Waals surface area contributed by atoms with Crippen LogP contribution >= 0.6 is 0 Å². The highest BCUT2D eigenvalue weighted by Crippen LogP contribution is 2.53. The van der Waals surface area contributed by atoms with E-state index in [1.807, 2.05) is 12.1 Å². The van der Waals surface area contributed by atoms with Crippen molar-refractivity contribution in [2.24, 2.45) is 0 Å². The van der Waals surface area contributed by atoms with Crippen molar-refractivity contribution in [1.82, 2.24) is 10.3 Å². The zero-order chi connectivity index (χ0) is 18.8. The minimum absolute atomic E-state index is 0.0241. The largest absolute Gasteiger partial charge is 0.396 e. The van der Waals surface area contributed by atoms with Gasteiger partial charge in [0, 0.05) is 40.9 Å². The summed E-state index contributed by atoms with van der Waals surface area (Å²) in [5.41, 5.74) is 8.92. The molecular formula is C24H20N2O2. The molecule has 28 heavy (non-hydrogen) atoms. The van der Waals surface area contributed by atoms with Gasteiger partial charge in [0.25, 0.3) is 5.91 Å². The maximum absolute atomic E-state index is 12.9. The number of benzene rings is 3. The van der Waals surface area contributed by atoms with Gasteiger partial charge in [-0.05, 0) is 41.2 Å². The lowest BCUT2D eigenvalue weighted by Gasteiger charge is -2.15. The number of aliphatic hydroxyl groups excluding tert-OH is 1. The van der Waals surface area contributed by atoms with Crippen LogP contribution in [0.25, 0.3) is 32.9 Å². The first-order valence-electron chi connectivity index (χ1n) is 9.87. The molecule has 3 N–H and O–H groups in total. The molecule has 0 bridgehead atoms. The predicted molar refractivity (Wildman–Crippen MR) is 111 cm³/mol. The molecule has 1 unspecified atom stereocenters. The molecular weight excluding hydrogens is 348 g/mol. The first-order valence-corrected chi connectivity index (χ1v) is 9.87. The molecule has 1 atom stereocenters. The van der Waals surface area contributed by atoms with E-state index in [9.17, 15) is 9.90 Å². The second kappa shape index (κ2) is 5.69. The van der Waals surface area contributed by atoms with Crippen LogP contribution in [0.4, 0.5) is 0 Å². The lowest BCUT2D eigenvalue weighted by Crippen LogP contribution is -2.13. The number of H-pyrrole nitrogens is 1. The molecule has 0 saturated heterocycles. The van der Waals surface area contributed by atoms with E-state index in [1.165, 1.54) is 21.9 Å². The number of hydrogen-bond donors (Lipinski definition) is 3. The van der Waals surface area contributed by atoms with Crippen molar-refractivity contribution in [3.63, 3.8) is 0 Å². The number of hydrogen-bond acceptors (Lipinski definition) is 2. The molecule has 4 aromatic rings. The first kappa shape index (κ1) is 15.9. The minimum Gasteiger partial charge on any atom is -0.396 e. The van der Waals surface area contributed by atoms with Gasteiger partial charge < -0.3 is 15.4 Å². The van der Waals surface area contributed by atoms with Gasteiger partial charge in [-0.1, -0.05) is 42.5 Å². The number of aromatic amines is 1. The molecule has 0 spiro atoms. The molecule has 1 aliphatic carbocycles. The third-order valence-corrected chi connectivity index (χ3v) is 6.36. The highest BCUT2D eigenvalue weighted by atomic mass is 16.2. The minimum atomic E-state index is 0.0241. The summed E-state index contributed by atoms with van der Waals surface area (Å²) in [6.07, 6.45) is 1.61. The van der Waals surface area contributed by atoms with Crippen molar-refractivity contribution in [2.75, 3.05) is 6.61 Å². The van der Waals surface area contributed by atoms with E-state index in [0.29, 0.717) is 6.54 Å². The fourth-order valence-electron chi connectivity index (χ4n) is 5.28. The van der Waals surface area contributed by atoms with Crippen LogP contribution in [0.1, 0.15) is 45.8 Å². The van der Waals surface area contributed by atoms with Gasteiger partial charge in [0.1, 0.15) is 0 Å². The third-order valence-electron chi connectivity index (χ3n) is 6.36. The Morgan fingerprint density at radius 1 is 1.04 bits per heavy atom. The van der Waals surface area contributed by atoms with Crippen LogP contribution in [0.5, 0.6) is 0 Å². The lowest BCUT2D eigenvalue weighted by molar-refractivity contribution is 0.0966. The summed E-state index contributed by atoms with van der Waals surface area (Å²) in [5.74, 6) is 0.212. The Hall–Kier alpha value is -3.11. The molecule has 0 saturated carbocycles. The fourth-order valence-corrected chi connectivity index (χ4v) is 5.28. The monoisotopic (exact) mass is 368 g/mol. The Labute approximate surface area is 162 Å². The van der Waals surface area contributed by atoms with E-state index < -0.39 is 0 Å². The number of amides is 1. The van der Waals surface area contributed by atoms with Gasteiger partial charge in [0.15, 0.2) is 0 Å². The SMILES string of the molecule is O=C1NCc2c1c1c(c3[nH]c4ccccc4c23)C(CCCO)c2ccccc2-1. The second-order valence-electron chi connectivity index (χ2n) is 7.75. The van der Waals surface area contributed by atoms with Gasteiger partial charge in [-0.2, -0.15) is 0 Å². The smallest absolute Gasteiger partial charge is 0.252 e. The van der Waals surface area contributed by atoms with Gasteiger partial charge in [-0.25, -0.2) is 0 Å². The Bertz CT molecular complexity index is 1280. The Morgan fingerprint density at radius 2 is 1.86 bits per heavy atom. The summed E-state index contributed by atoms with van der Waals surface area (Å²) in [4.78, 5) is 16.6. The standard InChI is InChI=1S/C24H20N2O2/c27-11-5-9-15-13-6-1-2-7-14(13)20-21(15)23-19(17-12-25-24(28)22(17)20)16-8-3-4-10-18(16)26-23/h1-4,6-8,10,15,26-27H,5,9,11-12H2,(H,25,28). The lowest BCUT2D eigenvalue weighted by atomic mass is 9.88. The van der Waals surface area contributed by atoms with Gasteiger partial charge >= 0.3 is 0 Å². The fraction of sp³-hybridized carbons (Fsp3) is 0.208. The van der Waals surface area contributed by atoms with Crippen LogP contribution in [-0.4, -0.2) is 22.6 Å². The maximum Gasteiger partial charge on any atom is 0.252 e. The van der Waals surface area contributed by atoms with Gasteiger partial charge in [-0.3, -0.25) is 4.79 Å². The van der Waals surface area contributed by atoms with Crippen molar-refractivity contribution in [3.05, 3.63) is 70.8 Å². The molecule has 4 heteroatoms. The van der Waals surface area contributed by atoms with Gasteiger partial charge in [-0.15, -0.1) is 0 Å². The molecule has 1 aliphatic heterocycles. The molecule has 3 aromatic carbocycles. The van der Waals surface area contributed by atoms with E-state index in [2.05, 4.69) is 46.7 Å². The van der Waals surface area contributed by atoms with E-state index in [4.69, 9.17) is 0 Å². The summed E-state index contributed by atoms with van der Waals surface area (Å²) in [6.45, 7) is 0.749. The van der Waals surface area contributed by atoms with Crippen LogP contribution < -0.4 is 5.32 Å². The Kier molecular flexibility index (Phi) is 3.23. The van der Waals surface area contributed by atoms with Gasteiger partial charge in [0.05, 0.1) is 11.1 Å². The summed E-state index contributed by atoms with van der Waals surface area (Å²) < 4.78 is 0. The Balaban J connectivity index is 1.80. The molecule has 2 aliphatic rings. The zero-order valence-electron chi connectivity index (χ0n) is 15.4. The van der Waals surface area contributed by atoms with Crippen LogP contribution in [0, 0.1) is 0 Å². The first-order chi connectivity index (χ1) is 13.8. The zero-order valence-corrected chi connectivity index (χ0v) is 15.4. The second-order valence-corrected chi connectivity index (χ2v) is 7.75. The maximum atomic E-state index is 12.9. The van der Waals surface area contributed by atoms with Crippen LogP contribution in [0.15, 0.2) is 48.5 Å². The number of para-hydroxylation sites is 1. The number of aromatic nitrogens is 1. The third kappa shape index (κ3) is 1.90. The molecule has 2 heterocycles. The van der Waals surface area contributed by atoms with E-state index in [0.717, 1.165) is 46.1 Å². The molecule has 0 radical (unpaired) electrons. The van der Waals surface area contributed by atoms with E-state index >= 15 is 0 Å². The summed E-state index contributed by atoms with van der Waals surface area (Å²) in [5, 5.41) is 14.9. The highest BCUT2D eigenvalue weighted by molar-refractivity contribution is 6.19. The van der Waals surface area contributed by atoms with E-state index in [1.54, 1.807) is 0 Å². The number of aliphatic hydroxyl groups is 1. The molecule has 138 valence electrons. The molecule has 0 fully saturated rings. The topological polar surface area (TPSA) is 65.1 Å². The van der Waals surface area contributed by atoms with Crippen molar-refractivity contribution in [3.8, 4) is 11.1 Å². The van der Waals surface area contributed by atoms with Crippen LogP contribution in [0.3, 0.4) is 0 Å². The summed E-state index contributed by atoms with van der Waals surface area (Å²) in [7, 11) is 0. The molecule has 1 aromatic heterocycles. The van der Waals surface area contributed by atoms with Crippen molar-refractivity contribution in [2.45, 2.75) is 25.3 Å². The van der Waals surface area contributed by atoms with Crippen LogP contribution in [0.2, 0.25) is 0 Å². The average molecular weight is 368 g/mol. The quantitative estimate of drug-likeness (QED) is 0.500. The normalized spacial score (nSPS) is 17.0. The summed E-state index contributed by atoms with van der Waals surface area (Å²) >= 11 is 0. The molecule has 4 nitrogen and oxygen atoms in total. The highest BCUT2D eigenvalue weighted by Gasteiger charge is 2.38. The van der Waals surface area contributed by atoms with Crippen LogP contribution in [-0.2, 0) is 6.54 Å². The number of carbonyl (C=O) groups is 1. The summed E-state index contributed by atoms with van der Waals surface area (Å²) in [6, 6.07) is 16.7. The van der Waals surface area contributed by atoms with Crippen molar-refractivity contribution >= 4 is 27.7 Å². The number of nitrogens with one attached hydrogen (secondary N) is 2. The average Bonchev–Trinajstić information content (AvgIpc) is 3.38. The molecule has 6 rings (SSSR count). The molecule has 1 amide bonds. The van der Waals surface area contributed by atoms with Gasteiger partial charge in [0.2, 0.25) is 0 Å². The predicted octanol–water partition coefficient (Wildman–Crippen LogP) is 4.45. The number of fused-ring (bicyclic) bond motifs is 10. The number of rotatable bonds is 3. The van der Waals surface area contributed by atoms with Crippen molar-refractivity contribution in [1.29, 1.82) is 0 Å². The Morgan fingerprint density at radius 3 is 2.75 bits per heavy atom. The number of carbonyl (C=O) groups excluding carboxylic acids is 1. The van der Waals surface area contributed by atoms with Crippen molar-refractivity contribution < 1.29 is 9.90 Å².